The van der Waals surface area contributed by atoms with Gasteiger partial charge in [-0.1, -0.05) is 41.6 Å². The number of hydrogen-bond acceptors (Lipinski definition) is 6. The number of rotatable bonds is 6. The average Bonchev–Trinajstić information content (AvgIpc) is 3.12. The van der Waals surface area contributed by atoms with Gasteiger partial charge in [0.2, 0.25) is 0 Å². The highest BCUT2D eigenvalue weighted by molar-refractivity contribution is 7.99. The predicted octanol–water partition coefficient (Wildman–Crippen LogP) is 4.01. The highest BCUT2D eigenvalue weighted by atomic mass is 35.5. The number of carbonyl (C=O) groups is 1. The number of ketones is 1. The molecule has 0 saturated carbocycles. The third-order valence-electron chi connectivity index (χ3n) is 3.87. The second kappa shape index (κ2) is 8.74. The van der Waals surface area contributed by atoms with Gasteiger partial charge in [-0.2, -0.15) is 5.26 Å². The Labute approximate surface area is 171 Å². The highest BCUT2D eigenvalue weighted by Gasteiger charge is 2.19. The van der Waals surface area contributed by atoms with Crippen LogP contribution in [0.15, 0.2) is 71.0 Å². The molecular weight excluding hydrogens is 394 g/mol. The molecule has 3 aromatic rings. The molecule has 0 spiro atoms. The summed E-state index contributed by atoms with van der Waals surface area (Å²) in [6.07, 6.45) is 0. The van der Waals surface area contributed by atoms with E-state index in [9.17, 15) is 4.79 Å². The van der Waals surface area contributed by atoms with Crippen LogP contribution in [0.4, 0.5) is 0 Å². The van der Waals surface area contributed by atoms with Crippen LogP contribution >= 0.6 is 23.4 Å². The van der Waals surface area contributed by atoms with E-state index in [0.29, 0.717) is 16.0 Å². The van der Waals surface area contributed by atoms with Crippen molar-refractivity contribution in [1.82, 2.24) is 14.8 Å². The van der Waals surface area contributed by atoms with Crippen LogP contribution in [0.25, 0.3) is 17.1 Å². The fourth-order valence-electron chi connectivity index (χ4n) is 2.53. The molecule has 0 bridgehead atoms. The molecule has 0 aliphatic carbocycles. The maximum atomic E-state index is 12.3. The van der Waals surface area contributed by atoms with E-state index in [4.69, 9.17) is 22.6 Å². The lowest BCUT2D eigenvalue weighted by atomic mass is 10.2. The Balaban J connectivity index is 1.98. The van der Waals surface area contributed by atoms with Crippen molar-refractivity contribution in [1.29, 1.82) is 5.26 Å². The smallest absolute Gasteiger partial charge is 0.196 e. The van der Waals surface area contributed by atoms with E-state index in [-0.39, 0.29) is 22.8 Å². The van der Waals surface area contributed by atoms with Crippen LogP contribution in [0.1, 0.15) is 6.92 Å². The average molecular weight is 410 g/mol. The monoisotopic (exact) mass is 409 g/mol. The molecule has 2 aromatic carbocycles. The molecular formula is C20H16ClN5OS. The van der Waals surface area contributed by atoms with Crippen molar-refractivity contribution in [3.63, 3.8) is 0 Å². The lowest BCUT2D eigenvalue weighted by Crippen LogP contribution is -2.11. The minimum atomic E-state index is -0.344. The molecule has 0 aliphatic rings. The Morgan fingerprint density at radius 1 is 1.18 bits per heavy atom. The number of nitriles is 1. The van der Waals surface area contributed by atoms with E-state index in [1.165, 1.54) is 18.7 Å². The third-order valence-corrected chi connectivity index (χ3v) is 5.05. The number of allylic oxidation sites excluding steroid dienone is 2. The number of Topliss-reactive ketones (excluding diaryl/α,β-unsaturated/α-hetero) is 1. The molecule has 0 unspecified atom stereocenters. The molecule has 6 nitrogen and oxygen atoms in total. The minimum Gasteiger partial charge on any atom is -0.401 e. The Morgan fingerprint density at radius 3 is 2.46 bits per heavy atom. The summed E-state index contributed by atoms with van der Waals surface area (Å²) in [5, 5.41) is 18.8. The van der Waals surface area contributed by atoms with Gasteiger partial charge in [0.05, 0.1) is 5.75 Å². The Hall–Kier alpha value is -3.08. The van der Waals surface area contributed by atoms with Gasteiger partial charge in [0, 0.05) is 22.0 Å². The van der Waals surface area contributed by atoms with Gasteiger partial charge in [-0.15, -0.1) is 10.2 Å². The molecule has 3 rings (SSSR count). The lowest BCUT2D eigenvalue weighted by Gasteiger charge is -2.10. The Kier molecular flexibility index (Phi) is 6.14. The van der Waals surface area contributed by atoms with Crippen molar-refractivity contribution in [2.45, 2.75) is 12.1 Å². The SMILES string of the molecule is C/C(N)=C(/C#N)C(=O)CSc1nnc(-c2ccc(Cl)cc2)n1-c1ccccc1. The van der Waals surface area contributed by atoms with E-state index >= 15 is 0 Å². The number of hydrogen-bond donors (Lipinski definition) is 1. The minimum absolute atomic E-state index is 0.0308. The van der Waals surface area contributed by atoms with Gasteiger partial charge in [-0.25, -0.2) is 0 Å². The summed E-state index contributed by atoms with van der Waals surface area (Å²) in [4.78, 5) is 12.3. The van der Waals surface area contributed by atoms with Crippen molar-refractivity contribution in [2.75, 3.05) is 5.75 Å². The van der Waals surface area contributed by atoms with Crippen LogP contribution in [0.5, 0.6) is 0 Å². The Morgan fingerprint density at radius 2 is 1.86 bits per heavy atom. The van der Waals surface area contributed by atoms with Gasteiger partial charge in [0.25, 0.3) is 0 Å². The third kappa shape index (κ3) is 4.25. The number of halogens is 1. The van der Waals surface area contributed by atoms with Gasteiger partial charge >= 0.3 is 0 Å². The van der Waals surface area contributed by atoms with Gasteiger partial charge in [-0.05, 0) is 43.3 Å². The highest BCUT2D eigenvalue weighted by Crippen LogP contribution is 2.29. The van der Waals surface area contributed by atoms with Crippen molar-refractivity contribution in [3.8, 4) is 23.1 Å². The molecule has 2 N–H and O–H groups in total. The maximum absolute atomic E-state index is 12.3. The first kappa shape index (κ1) is 19.7. The molecule has 0 fully saturated rings. The van der Waals surface area contributed by atoms with Crippen molar-refractivity contribution in [2.24, 2.45) is 5.73 Å². The summed E-state index contributed by atoms with van der Waals surface area (Å²) in [5.41, 5.74) is 7.49. The summed E-state index contributed by atoms with van der Waals surface area (Å²) in [6, 6.07) is 18.7. The van der Waals surface area contributed by atoms with Gasteiger partial charge in [0.15, 0.2) is 16.8 Å². The number of carbonyl (C=O) groups excluding carboxylic acids is 1. The number of benzene rings is 2. The van der Waals surface area contributed by atoms with Gasteiger partial charge in [0.1, 0.15) is 11.6 Å². The molecule has 1 aromatic heterocycles. The summed E-state index contributed by atoms with van der Waals surface area (Å²) in [5.74, 6) is 0.315. The molecule has 0 saturated heterocycles. The van der Waals surface area contributed by atoms with E-state index in [1.807, 2.05) is 53.1 Å². The summed E-state index contributed by atoms with van der Waals surface area (Å²) < 4.78 is 1.87. The largest absolute Gasteiger partial charge is 0.401 e. The van der Waals surface area contributed by atoms with Crippen molar-refractivity contribution >= 4 is 29.1 Å². The second-order valence-corrected chi connectivity index (χ2v) is 7.24. The summed E-state index contributed by atoms with van der Waals surface area (Å²) >= 11 is 7.19. The first-order valence-electron chi connectivity index (χ1n) is 8.30. The first-order chi connectivity index (χ1) is 13.5. The number of nitrogens with zero attached hydrogens (tertiary/aromatic N) is 4. The van der Waals surface area contributed by atoms with Crippen LogP contribution in [0, 0.1) is 11.3 Å². The van der Waals surface area contributed by atoms with Crippen molar-refractivity contribution < 1.29 is 4.79 Å². The predicted molar refractivity (Wildman–Crippen MR) is 110 cm³/mol. The number of aromatic nitrogens is 3. The number of nitrogens with two attached hydrogens (primary N) is 1. The van der Waals surface area contributed by atoms with Crippen LogP contribution in [0.2, 0.25) is 5.02 Å². The first-order valence-corrected chi connectivity index (χ1v) is 9.67. The maximum Gasteiger partial charge on any atom is 0.196 e. The fourth-order valence-corrected chi connectivity index (χ4v) is 3.48. The molecule has 0 atom stereocenters. The van der Waals surface area contributed by atoms with E-state index in [1.54, 1.807) is 12.1 Å². The molecule has 0 aliphatic heterocycles. The van der Waals surface area contributed by atoms with E-state index in [2.05, 4.69) is 10.2 Å². The van der Waals surface area contributed by atoms with Gasteiger partial charge < -0.3 is 5.73 Å². The number of thioether (sulfide) groups is 1. The summed E-state index contributed by atoms with van der Waals surface area (Å²) in [6.45, 7) is 1.53. The van der Waals surface area contributed by atoms with E-state index < -0.39 is 0 Å². The molecule has 0 radical (unpaired) electrons. The molecule has 28 heavy (non-hydrogen) atoms. The summed E-state index contributed by atoms with van der Waals surface area (Å²) in [7, 11) is 0. The molecule has 0 amide bonds. The van der Waals surface area contributed by atoms with Crippen LogP contribution in [-0.4, -0.2) is 26.3 Å². The molecule has 8 heteroatoms. The van der Waals surface area contributed by atoms with Crippen molar-refractivity contribution in [3.05, 3.63) is 70.9 Å². The fraction of sp³-hybridized carbons (Fsp3) is 0.100. The quantitative estimate of drug-likeness (QED) is 0.375. The van der Waals surface area contributed by atoms with Crippen LogP contribution < -0.4 is 5.73 Å². The topological polar surface area (TPSA) is 97.6 Å². The standard InChI is InChI=1S/C20H16ClN5OS/c1-13(23)17(11-22)18(27)12-28-20-25-24-19(14-7-9-15(21)10-8-14)26(20)16-5-3-2-4-6-16/h2-10H,12,23H2,1H3/b17-13+. The number of para-hydroxylation sites is 1. The Bertz CT molecular complexity index is 1060. The zero-order valence-corrected chi connectivity index (χ0v) is 16.5. The van der Waals surface area contributed by atoms with E-state index in [0.717, 1.165) is 11.3 Å². The van der Waals surface area contributed by atoms with Crippen LogP contribution in [0.3, 0.4) is 0 Å². The second-order valence-electron chi connectivity index (χ2n) is 5.87. The zero-order chi connectivity index (χ0) is 20.1. The normalized spacial score (nSPS) is 11.6. The van der Waals surface area contributed by atoms with Crippen LogP contribution in [-0.2, 0) is 4.79 Å². The van der Waals surface area contributed by atoms with Gasteiger partial charge in [-0.3, -0.25) is 9.36 Å². The molecule has 1 heterocycles. The lowest BCUT2D eigenvalue weighted by molar-refractivity contribution is -0.112. The zero-order valence-electron chi connectivity index (χ0n) is 15.0. The molecule has 140 valence electrons.